The van der Waals surface area contributed by atoms with E-state index in [2.05, 4.69) is 31.5 Å². The van der Waals surface area contributed by atoms with Gasteiger partial charge in [0.25, 0.3) is 5.56 Å². The van der Waals surface area contributed by atoms with E-state index in [1.807, 2.05) is 36.5 Å². The highest BCUT2D eigenvalue weighted by atomic mass is 32.1. The average Bonchev–Trinajstić information content (AvgIpc) is 3.40. The van der Waals surface area contributed by atoms with E-state index in [9.17, 15) is 4.79 Å². The van der Waals surface area contributed by atoms with Gasteiger partial charge in [-0.05, 0) is 35.7 Å². The minimum Gasteiger partial charge on any atom is -0.399 e. The molecule has 8 heteroatoms. The summed E-state index contributed by atoms with van der Waals surface area (Å²) in [4.78, 5) is 23.9. The summed E-state index contributed by atoms with van der Waals surface area (Å²) >= 11 is 1.69. The molecule has 0 aliphatic carbocycles. The van der Waals surface area contributed by atoms with Gasteiger partial charge in [-0.2, -0.15) is 5.10 Å². The normalized spacial score (nSPS) is 14.1. The Balaban J connectivity index is 1.39. The Kier molecular flexibility index (Phi) is 4.49. The first-order chi connectivity index (χ1) is 14.2. The van der Waals surface area contributed by atoms with Crippen molar-refractivity contribution in [3.63, 3.8) is 0 Å². The molecule has 4 heterocycles. The minimum atomic E-state index is -0.0720. The van der Waals surface area contributed by atoms with E-state index in [0.717, 1.165) is 47.6 Å². The first kappa shape index (κ1) is 17.8. The Morgan fingerprint density at radius 2 is 2.07 bits per heavy atom. The Hall–Kier alpha value is -3.23. The predicted octanol–water partition coefficient (Wildman–Crippen LogP) is 3.03. The molecule has 7 nitrogen and oxygen atoms in total. The van der Waals surface area contributed by atoms with Crippen LogP contribution in [0, 0.1) is 0 Å². The molecule has 0 saturated carbocycles. The quantitative estimate of drug-likeness (QED) is 0.454. The minimum absolute atomic E-state index is 0.0720. The molecule has 1 aliphatic heterocycles. The molecule has 0 spiro atoms. The summed E-state index contributed by atoms with van der Waals surface area (Å²) in [5, 5.41) is 9.38. The van der Waals surface area contributed by atoms with Crippen LogP contribution in [0.1, 0.15) is 16.8 Å². The molecule has 29 heavy (non-hydrogen) atoms. The summed E-state index contributed by atoms with van der Waals surface area (Å²) in [7, 11) is 0. The highest BCUT2D eigenvalue weighted by molar-refractivity contribution is 7.13. The van der Waals surface area contributed by atoms with E-state index in [1.165, 1.54) is 4.88 Å². The molecule has 0 unspecified atom stereocenters. The maximum Gasteiger partial charge on any atom is 0.255 e. The zero-order chi connectivity index (χ0) is 19.8. The van der Waals surface area contributed by atoms with Gasteiger partial charge < -0.3 is 10.7 Å². The molecule has 4 aromatic rings. The second-order valence-corrected chi connectivity index (χ2v) is 8.12. The van der Waals surface area contributed by atoms with Crippen molar-refractivity contribution < 1.29 is 0 Å². The molecule has 146 valence electrons. The number of thiophene rings is 1. The molecule has 0 atom stereocenters. The van der Waals surface area contributed by atoms with Crippen molar-refractivity contribution in [1.29, 1.82) is 0 Å². The first-order valence-electron chi connectivity index (χ1n) is 9.44. The molecular formula is C21H20N6OS. The largest absolute Gasteiger partial charge is 0.399 e. The summed E-state index contributed by atoms with van der Waals surface area (Å²) in [6.45, 7) is 2.16. The number of nitrogens with zero attached hydrogens (tertiary/aromatic N) is 3. The van der Waals surface area contributed by atoms with Crippen molar-refractivity contribution in [2.24, 2.45) is 0 Å². The Bertz CT molecular complexity index is 1190. The predicted molar refractivity (Wildman–Crippen MR) is 114 cm³/mol. The van der Waals surface area contributed by atoms with E-state index in [1.54, 1.807) is 11.3 Å². The van der Waals surface area contributed by atoms with Crippen LogP contribution in [0.4, 0.5) is 5.69 Å². The van der Waals surface area contributed by atoms with Crippen molar-refractivity contribution in [2.45, 2.75) is 19.5 Å². The third-order valence-electron chi connectivity index (χ3n) is 5.21. The SMILES string of the molecule is Nc1ccc(-c2nc3c(c(=O)[nH]2)CN(Cc2cn[nH]c2-c2cccs2)CC3)cc1. The number of nitrogens with one attached hydrogen (secondary N) is 2. The lowest BCUT2D eigenvalue weighted by Crippen LogP contribution is -2.35. The van der Waals surface area contributed by atoms with E-state index in [-0.39, 0.29) is 5.56 Å². The first-order valence-corrected chi connectivity index (χ1v) is 10.3. The van der Waals surface area contributed by atoms with Crippen LogP contribution in [-0.2, 0) is 19.5 Å². The van der Waals surface area contributed by atoms with Gasteiger partial charge in [-0.1, -0.05) is 6.07 Å². The number of aromatic amines is 2. The molecule has 0 amide bonds. The summed E-state index contributed by atoms with van der Waals surface area (Å²) in [5.41, 5.74) is 11.0. The fraction of sp³-hybridized carbons (Fsp3) is 0.190. The number of anilines is 1. The van der Waals surface area contributed by atoms with Crippen LogP contribution in [0.3, 0.4) is 0 Å². The molecule has 0 fully saturated rings. The van der Waals surface area contributed by atoms with Gasteiger partial charge in [-0.3, -0.25) is 14.8 Å². The summed E-state index contributed by atoms with van der Waals surface area (Å²) < 4.78 is 0. The number of rotatable bonds is 4. The van der Waals surface area contributed by atoms with Gasteiger partial charge in [0.2, 0.25) is 0 Å². The number of hydrogen-bond acceptors (Lipinski definition) is 6. The third kappa shape index (κ3) is 3.48. The van der Waals surface area contributed by atoms with Gasteiger partial charge in [-0.25, -0.2) is 4.98 Å². The van der Waals surface area contributed by atoms with E-state index < -0.39 is 0 Å². The van der Waals surface area contributed by atoms with Crippen molar-refractivity contribution in [2.75, 3.05) is 12.3 Å². The maximum absolute atomic E-state index is 12.8. The lowest BCUT2D eigenvalue weighted by molar-refractivity contribution is 0.242. The smallest absolute Gasteiger partial charge is 0.255 e. The van der Waals surface area contributed by atoms with Crippen LogP contribution in [0.2, 0.25) is 0 Å². The molecule has 5 rings (SSSR count). The zero-order valence-electron chi connectivity index (χ0n) is 15.7. The van der Waals surface area contributed by atoms with Crippen LogP contribution in [0.5, 0.6) is 0 Å². The van der Waals surface area contributed by atoms with Crippen molar-refractivity contribution in [1.82, 2.24) is 25.1 Å². The van der Waals surface area contributed by atoms with Gasteiger partial charge in [0.15, 0.2) is 0 Å². The zero-order valence-corrected chi connectivity index (χ0v) is 16.5. The van der Waals surface area contributed by atoms with Gasteiger partial charge in [-0.15, -0.1) is 11.3 Å². The van der Waals surface area contributed by atoms with Crippen molar-refractivity contribution >= 4 is 17.0 Å². The average molecular weight is 404 g/mol. The second-order valence-electron chi connectivity index (χ2n) is 7.17. The number of H-pyrrole nitrogens is 2. The molecule has 0 radical (unpaired) electrons. The molecule has 1 aliphatic rings. The Morgan fingerprint density at radius 1 is 1.21 bits per heavy atom. The fourth-order valence-corrected chi connectivity index (χ4v) is 4.46. The number of fused-ring (bicyclic) bond motifs is 1. The lowest BCUT2D eigenvalue weighted by atomic mass is 10.1. The molecular weight excluding hydrogens is 384 g/mol. The second kappa shape index (κ2) is 7.31. The highest BCUT2D eigenvalue weighted by Crippen LogP contribution is 2.28. The van der Waals surface area contributed by atoms with E-state index in [0.29, 0.717) is 18.1 Å². The molecule has 4 N–H and O–H groups in total. The number of nitrogen functional groups attached to an aromatic ring is 1. The Morgan fingerprint density at radius 3 is 2.86 bits per heavy atom. The van der Waals surface area contributed by atoms with E-state index in [4.69, 9.17) is 10.7 Å². The van der Waals surface area contributed by atoms with Crippen LogP contribution >= 0.6 is 11.3 Å². The van der Waals surface area contributed by atoms with Gasteiger partial charge in [0.05, 0.1) is 28.0 Å². The lowest BCUT2D eigenvalue weighted by Gasteiger charge is -2.27. The topological polar surface area (TPSA) is 104 Å². The molecule has 3 aromatic heterocycles. The number of aromatic nitrogens is 4. The van der Waals surface area contributed by atoms with Crippen LogP contribution in [0.25, 0.3) is 22.0 Å². The Labute approximate surface area is 171 Å². The van der Waals surface area contributed by atoms with Crippen molar-refractivity contribution in [3.8, 4) is 22.0 Å². The molecule has 0 bridgehead atoms. The van der Waals surface area contributed by atoms with Gasteiger partial charge in [0, 0.05) is 42.9 Å². The van der Waals surface area contributed by atoms with Crippen LogP contribution in [0.15, 0.2) is 52.8 Å². The number of hydrogen-bond donors (Lipinski definition) is 3. The summed E-state index contributed by atoms with van der Waals surface area (Å²) in [5.74, 6) is 0.594. The standard InChI is InChI=1S/C21H20N6OS/c22-15-5-3-13(4-6-15)20-24-17-7-8-27(12-16(17)21(28)25-20)11-14-10-23-26-19(14)18-2-1-9-29-18/h1-6,9-10H,7-8,11-12,22H2,(H,23,26)(H,24,25,28). The van der Waals surface area contributed by atoms with Gasteiger partial charge in [0.1, 0.15) is 5.82 Å². The molecule has 1 aromatic carbocycles. The molecule has 0 saturated heterocycles. The summed E-state index contributed by atoms with van der Waals surface area (Å²) in [6.07, 6.45) is 2.62. The van der Waals surface area contributed by atoms with Crippen LogP contribution < -0.4 is 11.3 Å². The fourth-order valence-electron chi connectivity index (χ4n) is 3.70. The van der Waals surface area contributed by atoms with Crippen LogP contribution in [-0.4, -0.2) is 31.6 Å². The van der Waals surface area contributed by atoms with Crippen molar-refractivity contribution in [3.05, 3.63) is 75.1 Å². The monoisotopic (exact) mass is 404 g/mol. The summed E-state index contributed by atoms with van der Waals surface area (Å²) in [6, 6.07) is 11.5. The highest BCUT2D eigenvalue weighted by Gasteiger charge is 2.23. The number of benzene rings is 1. The third-order valence-corrected chi connectivity index (χ3v) is 6.10. The number of nitrogens with two attached hydrogens (primary N) is 1. The maximum atomic E-state index is 12.8. The van der Waals surface area contributed by atoms with E-state index >= 15 is 0 Å². The van der Waals surface area contributed by atoms with Gasteiger partial charge >= 0.3 is 0 Å².